The van der Waals surface area contributed by atoms with Crippen LogP contribution in [0.25, 0.3) is 6.08 Å². The Hall–Kier alpha value is -3.68. The number of likely N-dealkylation sites (tertiary alicyclic amines) is 1. The molecule has 31 heavy (non-hydrogen) atoms. The third-order valence-corrected chi connectivity index (χ3v) is 6.45. The first kappa shape index (κ1) is 19.3. The molecule has 2 atom stereocenters. The van der Waals surface area contributed by atoms with Gasteiger partial charge in [0, 0.05) is 41.1 Å². The van der Waals surface area contributed by atoms with E-state index in [1.165, 1.54) is 19.3 Å². The fraction of sp³-hybridized carbons (Fsp3) is 0.304. The maximum absolute atomic E-state index is 13.0. The molecule has 2 fully saturated rings. The van der Waals surface area contributed by atoms with E-state index in [0.29, 0.717) is 46.2 Å². The van der Waals surface area contributed by atoms with E-state index >= 15 is 0 Å². The van der Waals surface area contributed by atoms with Gasteiger partial charge in [-0.3, -0.25) is 14.6 Å². The third-order valence-electron chi connectivity index (χ3n) is 6.45. The van der Waals surface area contributed by atoms with Crippen LogP contribution in [-0.2, 0) is 14.9 Å². The number of piperidine rings is 1. The summed E-state index contributed by atoms with van der Waals surface area (Å²) in [6, 6.07) is 3.52. The number of aromatic amines is 1. The first-order valence-electron chi connectivity index (χ1n) is 9.98. The lowest BCUT2D eigenvalue weighted by Crippen LogP contribution is -2.33. The highest BCUT2D eigenvalue weighted by atomic mass is 16.5. The largest absolute Gasteiger partial charge is 0.495 e. The van der Waals surface area contributed by atoms with Crippen molar-refractivity contribution in [1.29, 1.82) is 0 Å². The molecule has 5 rings (SSSR count). The maximum atomic E-state index is 13.0. The van der Waals surface area contributed by atoms with Crippen molar-refractivity contribution in [2.75, 3.05) is 20.8 Å². The number of hydrogen-bond acceptors (Lipinski definition) is 6. The second-order valence-electron chi connectivity index (χ2n) is 8.04. The predicted octanol–water partition coefficient (Wildman–Crippen LogP) is 2.41. The second-order valence-corrected chi connectivity index (χ2v) is 8.04. The van der Waals surface area contributed by atoms with Crippen LogP contribution in [0.3, 0.4) is 0 Å². The number of ketones is 1. The fourth-order valence-electron chi connectivity index (χ4n) is 4.94. The number of carbonyl (C=O) groups excluding carboxylic acids is 3. The Labute approximate surface area is 178 Å². The van der Waals surface area contributed by atoms with Gasteiger partial charge < -0.3 is 19.4 Å². The summed E-state index contributed by atoms with van der Waals surface area (Å²) in [5, 5.41) is 0. The number of aromatic nitrogens is 2. The van der Waals surface area contributed by atoms with Crippen molar-refractivity contribution >= 4 is 23.7 Å². The molecule has 1 aliphatic heterocycles. The number of nitrogens with zero attached hydrogens (tertiary/aromatic N) is 2. The fourth-order valence-corrected chi connectivity index (χ4v) is 4.94. The lowest BCUT2D eigenvalue weighted by atomic mass is 9.82. The molecule has 2 aromatic rings. The van der Waals surface area contributed by atoms with Crippen molar-refractivity contribution in [2.45, 2.75) is 18.8 Å². The van der Waals surface area contributed by atoms with Gasteiger partial charge in [0.2, 0.25) is 5.78 Å². The Morgan fingerprint density at radius 1 is 1.32 bits per heavy atom. The zero-order chi connectivity index (χ0) is 21.9. The van der Waals surface area contributed by atoms with Crippen LogP contribution in [0.15, 0.2) is 36.2 Å². The van der Waals surface area contributed by atoms with E-state index in [2.05, 4.69) is 9.97 Å². The second kappa shape index (κ2) is 6.66. The van der Waals surface area contributed by atoms with Gasteiger partial charge in [0.1, 0.15) is 5.75 Å². The Bertz CT molecular complexity index is 1190. The summed E-state index contributed by atoms with van der Waals surface area (Å²) in [5.74, 6) is -0.131. The summed E-state index contributed by atoms with van der Waals surface area (Å²) in [6.07, 6.45) is 7.00. The molecule has 8 nitrogen and oxygen atoms in total. The summed E-state index contributed by atoms with van der Waals surface area (Å²) in [6.45, 7) is 2.26. The zero-order valence-corrected chi connectivity index (χ0v) is 17.4. The minimum absolute atomic E-state index is 0.167. The third kappa shape index (κ3) is 2.67. The lowest BCUT2D eigenvalue weighted by molar-refractivity contribution is -0.123. The number of hydrogen-bond donors (Lipinski definition) is 1. The van der Waals surface area contributed by atoms with Crippen LogP contribution in [-0.4, -0.2) is 53.3 Å². The van der Waals surface area contributed by atoms with Crippen molar-refractivity contribution < 1.29 is 23.9 Å². The molecule has 8 heteroatoms. The van der Waals surface area contributed by atoms with Crippen LogP contribution < -0.4 is 4.74 Å². The van der Waals surface area contributed by atoms with Gasteiger partial charge in [0.15, 0.2) is 0 Å². The molecule has 0 bridgehead atoms. The van der Waals surface area contributed by atoms with Gasteiger partial charge in [-0.05, 0) is 37.5 Å². The van der Waals surface area contributed by atoms with Gasteiger partial charge >= 0.3 is 5.97 Å². The summed E-state index contributed by atoms with van der Waals surface area (Å²) in [5.41, 5.74) is 2.92. The van der Waals surface area contributed by atoms with Crippen LogP contribution in [0.5, 0.6) is 5.75 Å². The molecular formula is C23H21N3O5. The number of allylic oxidation sites excluding steroid dienone is 2. The highest BCUT2D eigenvalue weighted by Gasteiger charge is 2.68. The number of amides is 1. The molecule has 1 saturated heterocycles. The topological polar surface area (TPSA) is 102 Å². The number of nitrogens with one attached hydrogen (secondary N) is 1. The van der Waals surface area contributed by atoms with Gasteiger partial charge in [-0.25, -0.2) is 4.79 Å². The molecule has 158 valence electrons. The molecule has 2 aliphatic carbocycles. The number of carbonyl (C=O) groups is 3. The van der Waals surface area contributed by atoms with E-state index in [1.807, 2.05) is 0 Å². The number of esters is 1. The van der Waals surface area contributed by atoms with Crippen molar-refractivity contribution in [3.63, 3.8) is 0 Å². The van der Waals surface area contributed by atoms with Crippen molar-refractivity contribution in [3.8, 4) is 5.75 Å². The normalized spacial score (nSPS) is 23.2. The van der Waals surface area contributed by atoms with Crippen LogP contribution in [0.1, 0.15) is 44.2 Å². The summed E-state index contributed by atoms with van der Waals surface area (Å²) in [4.78, 5) is 47.2. The molecule has 1 amide bonds. The molecule has 2 aromatic heterocycles. The standard InChI is InChI=1S/C23H21N3O5/c1-12-19(22(29)31-3)20-21(25-12)16(27)8-17-23(20)9-13(23)11-26(17)18(28)7-5-14-4-6-15(30-2)10-24-14/h4-8,10,13,25H,9,11H2,1-3H3/b7-5+/t13-,23+/m1/s1. The smallest absolute Gasteiger partial charge is 0.340 e. The van der Waals surface area contributed by atoms with Crippen LogP contribution in [0.4, 0.5) is 0 Å². The van der Waals surface area contributed by atoms with Gasteiger partial charge in [-0.15, -0.1) is 0 Å². The highest BCUT2D eigenvalue weighted by molar-refractivity contribution is 6.11. The number of pyridine rings is 1. The van der Waals surface area contributed by atoms with Crippen LogP contribution in [0.2, 0.25) is 0 Å². The number of rotatable bonds is 4. The molecular weight excluding hydrogens is 398 g/mol. The van der Waals surface area contributed by atoms with Gasteiger partial charge in [0.25, 0.3) is 5.91 Å². The molecule has 3 aliphatic rings. The minimum Gasteiger partial charge on any atom is -0.495 e. The minimum atomic E-state index is -0.487. The molecule has 1 spiro atoms. The Morgan fingerprint density at radius 2 is 2.13 bits per heavy atom. The van der Waals surface area contributed by atoms with E-state index in [9.17, 15) is 14.4 Å². The Balaban J connectivity index is 1.47. The maximum Gasteiger partial charge on any atom is 0.340 e. The lowest BCUT2D eigenvalue weighted by Gasteiger charge is -2.27. The van der Waals surface area contributed by atoms with Crippen molar-refractivity contribution in [2.24, 2.45) is 5.92 Å². The first-order valence-corrected chi connectivity index (χ1v) is 9.98. The summed E-state index contributed by atoms with van der Waals surface area (Å²) >= 11 is 0. The van der Waals surface area contributed by atoms with E-state index in [0.717, 1.165) is 6.42 Å². The van der Waals surface area contributed by atoms with Crippen molar-refractivity contribution in [3.05, 3.63) is 64.4 Å². The number of aryl methyl sites for hydroxylation is 1. The molecule has 0 radical (unpaired) electrons. The van der Waals surface area contributed by atoms with E-state index < -0.39 is 11.4 Å². The number of methoxy groups -OCH3 is 2. The Morgan fingerprint density at radius 3 is 2.81 bits per heavy atom. The zero-order valence-electron chi connectivity index (χ0n) is 17.4. The Kier molecular flexibility index (Phi) is 4.15. The summed E-state index contributed by atoms with van der Waals surface area (Å²) in [7, 11) is 2.89. The SMILES string of the molecule is COC(=O)c1c(C)[nH]c2c1[C@@]13C[C@@H]1CN(C(=O)/C=C/c1ccc(OC)cn1)C3=CC2=O. The van der Waals surface area contributed by atoms with E-state index in [4.69, 9.17) is 9.47 Å². The molecule has 3 heterocycles. The number of ether oxygens (including phenoxy) is 2. The van der Waals surface area contributed by atoms with E-state index in [-0.39, 0.29) is 17.6 Å². The predicted molar refractivity (Wildman–Crippen MR) is 111 cm³/mol. The average Bonchev–Trinajstić information content (AvgIpc) is 3.22. The highest BCUT2D eigenvalue weighted by Crippen LogP contribution is 2.67. The van der Waals surface area contributed by atoms with Gasteiger partial charge in [-0.2, -0.15) is 0 Å². The molecule has 1 N–H and O–H groups in total. The van der Waals surface area contributed by atoms with Gasteiger partial charge in [-0.1, -0.05) is 0 Å². The number of H-pyrrole nitrogens is 1. The average molecular weight is 419 g/mol. The molecule has 0 aromatic carbocycles. The van der Waals surface area contributed by atoms with E-state index in [1.54, 1.807) is 43.3 Å². The quantitative estimate of drug-likeness (QED) is 0.603. The molecule has 0 unspecified atom stereocenters. The molecule has 1 saturated carbocycles. The monoisotopic (exact) mass is 419 g/mol. The van der Waals surface area contributed by atoms with Crippen LogP contribution >= 0.6 is 0 Å². The first-order chi connectivity index (χ1) is 14.9. The summed E-state index contributed by atoms with van der Waals surface area (Å²) < 4.78 is 10.1. The van der Waals surface area contributed by atoms with Crippen LogP contribution in [0, 0.1) is 12.8 Å². The number of fused-ring (bicyclic) bond motifs is 1. The van der Waals surface area contributed by atoms with Gasteiger partial charge in [0.05, 0.1) is 37.4 Å². The van der Waals surface area contributed by atoms with Crippen molar-refractivity contribution in [1.82, 2.24) is 14.9 Å².